The van der Waals surface area contributed by atoms with Gasteiger partial charge >= 0.3 is 0 Å². The highest BCUT2D eigenvalue weighted by atomic mass is 35.5. The van der Waals surface area contributed by atoms with E-state index in [1.54, 1.807) is 36.5 Å². The Morgan fingerprint density at radius 2 is 1.90 bits per heavy atom. The van der Waals surface area contributed by atoms with E-state index in [1.165, 1.54) is 0 Å². The molecular formula is C14H11Cl2N3OS. The van der Waals surface area contributed by atoms with Crippen molar-refractivity contribution in [2.24, 2.45) is 10.8 Å². The summed E-state index contributed by atoms with van der Waals surface area (Å²) in [5, 5.41) is 4.99. The van der Waals surface area contributed by atoms with E-state index >= 15 is 0 Å². The smallest absolute Gasteiger partial charge is 0.184 e. The maximum atomic E-state index is 6.05. The molecule has 108 valence electrons. The van der Waals surface area contributed by atoms with E-state index in [2.05, 4.69) is 22.7 Å². The van der Waals surface area contributed by atoms with Gasteiger partial charge < -0.3 is 10.5 Å². The number of hydrogen-bond acceptors (Lipinski definition) is 3. The van der Waals surface area contributed by atoms with Gasteiger partial charge in [-0.2, -0.15) is 5.10 Å². The van der Waals surface area contributed by atoms with E-state index in [1.807, 2.05) is 12.1 Å². The minimum Gasteiger partial charge on any atom is -0.456 e. The van der Waals surface area contributed by atoms with Crippen molar-refractivity contribution in [1.82, 2.24) is 5.43 Å². The molecule has 2 aromatic carbocycles. The molecule has 0 aliphatic rings. The highest BCUT2D eigenvalue weighted by molar-refractivity contribution is 7.80. The van der Waals surface area contributed by atoms with E-state index in [0.29, 0.717) is 21.5 Å². The molecule has 0 fully saturated rings. The van der Waals surface area contributed by atoms with Crippen molar-refractivity contribution in [1.29, 1.82) is 0 Å². The van der Waals surface area contributed by atoms with Gasteiger partial charge in [0.25, 0.3) is 0 Å². The molecule has 3 N–H and O–H groups in total. The van der Waals surface area contributed by atoms with Crippen LogP contribution in [0.3, 0.4) is 0 Å². The Bertz CT molecular complexity index is 674. The molecule has 0 amide bonds. The number of nitrogens with two attached hydrogens (primary N) is 1. The molecule has 0 saturated heterocycles. The first-order valence-corrected chi connectivity index (χ1v) is 7.02. The molecule has 0 aromatic heterocycles. The molecule has 0 spiro atoms. The molecule has 0 aliphatic heterocycles. The van der Waals surface area contributed by atoms with Gasteiger partial charge in [-0.3, -0.25) is 5.43 Å². The molecule has 2 aromatic rings. The van der Waals surface area contributed by atoms with Crippen LogP contribution in [0.25, 0.3) is 0 Å². The van der Waals surface area contributed by atoms with Crippen molar-refractivity contribution < 1.29 is 4.74 Å². The molecule has 0 bridgehead atoms. The van der Waals surface area contributed by atoms with Gasteiger partial charge in [-0.15, -0.1) is 0 Å². The number of benzene rings is 2. The van der Waals surface area contributed by atoms with Gasteiger partial charge in [-0.25, -0.2) is 0 Å². The summed E-state index contributed by atoms with van der Waals surface area (Å²) in [5.41, 5.74) is 8.60. The molecule has 0 saturated carbocycles. The summed E-state index contributed by atoms with van der Waals surface area (Å²) in [6.45, 7) is 0. The number of thiocarbonyl (C=S) groups is 1. The number of nitrogens with one attached hydrogen (secondary N) is 1. The average molecular weight is 340 g/mol. The highest BCUT2D eigenvalue weighted by Gasteiger charge is 2.03. The standard InChI is InChI=1S/C14H11Cl2N3OS/c15-10-3-6-13(12(16)7-10)20-11-4-1-9(2-5-11)8-18-19-14(17)21/h1-8H,(H3,17,19,21). The Morgan fingerprint density at radius 3 is 2.52 bits per heavy atom. The predicted molar refractivity (Wildman–Crippen MR) is 90.5 cm³/mol. The third kappa shape index (κ3) is 4.90. The predicted octanol–water partition coefficient (Wildman–Crippen LogP) is 3.95. The van der Waals surface area contributed by atoms with Gasteiger partial charge in [0.2, 0.25) is 0 Å². The van der Waals surface area contributed by atoms with Crippen LogP contribution >= 0.6 is 35.4 Å². The second kappa shape index (κ2) is 7.26. The lowest BCUT2D eigenvalue weighted by molar-refractivity contribution is 0.483. The molecule has 0 atom stereocenters. The van der Waals surface area contributed by atoms with Gasteiger partial charge in [-0.1, -0.05) is 23.2 Å². The first-order chi connectivity index (χ1) is 10.0. The Labute approximate surface area is 137 Å². The average Bonchev–Trinajstić information content (AvgIpc) is 2.43. The van der Waals surface area contributed by atoms with Crippen LogP contribution in [-0.2, 0) is 0 Å². The topological polar surface area (TPSA) is 59.6 Å². The number of hydrazone groups is 1. The van der Waals surface area contributed by atoms with Crippen LogP contribution < -0.4 is 15.9 Å². The van der Waals surface area contributed by atoms with Crippen LogP contribution in [0.15, 0.2) is 47.6 Å². The molecule has 4 nitrogen and oxygen atoms in total. The maximum Gasteiger partial charge on any atom is 0.184 e. The minimum atomic E-state index is 0.114. The monoisotopic (exact) mass is 339 g/mol. The van der Waals surface area contributed by atoms with Gasteiger partial charge in [0.05, 0.1) is 11.2 Å². The maximum absolute atomic E-state index is 6.05. The number of rotatable bonds is 4. The van der Waals surface area contributed by atoms with Crippen LogP contribution in [0.4, 0.5) is 0 Å². The summed E-state index contributed by atoms with van der Waals surface area (Å²) in [6.07, 6.45) is 1.60. The van der Waals surface area contributed by atoms with E-state index in [4.69, 9.17) is 33.7 Å². The molecule has 0 radical (unpaired) electrons. The lowest BCUT2D eigenvalue weighted by atomic mass is 10.2. The second-order valence-corrected chi connectivity index (χ2v) is 5.26. The fraction of sp³-hybridized carbons (Fsp3) is 0. The largest absolute Gasteiger partial charge is 0.456 e. The van der Waals surface area contributed by atoms with E-state index < -0.39 is 0 Å². The van der Waals surface area contributed by atoms with E-state index in [0.717, 1.165) is 5.56 Å². The summed E-state index contributed by atoms with van der Waals surface area (Å²) in [6, 6.07) is 12.3. The lowest BCUT2D eigenvalue weighted by Crippen LogP contribution is -2.23. The third-order valence-electron chi connectivity index (χ3n) is 2.39. The first kappa shape index (κ1) is 15.6. The highest BCUT2D eigenvalue weighted by Crippen LogP contribution is 2.31. The summed E-state index contributed by atoms with van der Waals surface area (Å²) in [4.78, 5) is 0. The Morgan fingerprint density at radius 1 is 1.19 bits per heavy atom. The van der Waals surface area contributed by atoms with Crippen molar-refractivity contribution in [2.75, 3.05) is 0 Å². The molecule has 2 rings (SSSR count). The minimum absolute atomic E-state index is 0.114. The zero-order valence-corrected chi connectivity index (χ0v) is 13.0. The summed E-state index contributed by atoms with van der Waals surface area (Å²) in [7, 11) is 0. The first-order valence-electron chi connectivity index (χ1n) is 5.86. The second-order valence-electron chi connectivity index (χ2n) is 3.98. The van der Waals surface area contributed by atoms with Crippen molar-refractivity contribution in [3.05, 3.63) is 58.1 Å². The van der Waals surface area contributed by atoms with Crippen molar-refractivity contribution >= 4 is 46.7 Å². The molecule has 0 heterocycles. The number of hydrogen-bond donors (Lipinski definition) is 2. The van der Waals surface area contributed by atoms with Crippen molar-refractivity contribution in [2.45, 2.75) is 0 Å². The van der Waals surface area contributed by atoms with Gasteiger partial charge in [0, 0.05) is 5.02 Å². The van der Waals surface area contributed by atoms with Crippen molar-refractivity contribution in [3.63, 3.8) is 0 Å². The Kier molecular flexibility index (Phi) is 5.38. The molecule has 7 heteroatoms. The van der Waals surface area contributed by atoms with E-state index in [-0.39, 0.29) is 5.11 Å². The fourth-order valence-corrected chi connectivity index (χ4v) is 1.98. The number of ether oxygens (including phenoxy) is 1. The Balaban J connectivity index is 2.05. The van der Waals surface area contributed by atoms with Gasteiger partial charge in [-0.05, 0) is 60.2 Å². The zero-order chi connectivity index (χ0) is 15.2. The molecule has 21 heavy (non-hydrogen) atoms. The van der Waals surface area contributed by atoms with Crippen LogP contribution in [0.5, 0.6) is 11.5 Å². The fourth-order valence-electron chi connectivity index (χ4n) is 1.48. The van der Waals surface area contributed by atoms with E-state index in [9.17, 15) is 0 Å². The normalized spacial score (nSPS) is 10.6. The lowest BCUT2D eigenvalue weighted by Gasteiger charge is -2.07. The summed E-state index contributed by atoms with van der Waals surface area (Å²) in [5.74, 6) is 1.19. The molecule has 0 aliphatic carbocycles. The van der Waals surface area contributed by atoms with Crippen LogP contribution in [-0.4, -0.2) is 11.3 Å². The number of nitrogens with zero attached hydrogens (tertiary/aromatic N) is 1. The number of halogens is 2. The quantitative estimate of drug-likeness (QED) is 0.503. The summed E-state index contributed by atoms with van der Waals surface area (Å²) >= 11 is 16.5. The summed E-state index contributed by atoms with van der Waals surface area (Å²) < 4.78 is 5.67. The zero-order valence-electron chi connectivity index (χ0n) is 10.7. The van der Waals surface area contributed by atoms with Crippen LogP contribution in [0, 0.1) is 0 Å². The van der Waals surface area contributed by atoms with Gasteiger partial charge in [0.15, 0.2) is 5.11 Å². The SMILES string of the molecule is NC(=S)NN=Cc1ccc(Oc2ccc(Cl)cc2Cl)cc1. The van der Waals surface area contributed by atoms with Crippen LogP contribution in [0.1, 0.15) is 5.56 Å². The van der Waals surface area contributed by atoms with Crippen LogP contribution in [0.2, 0.25) is 10.0 Å². The third-order valence-corrected chi connectivity index (χ3v) is 3.01. The van der Waals surface area contributed by atoms with Gasteiger partial charge in [0.1, 0.15) is 11.5 Å². The molecule has 0 unspecified atom stereocenters. The molecular weight excluding hydrogens is 329 g/mol. The Hall–Kier alpha value is -1.82. The van der Waals surface area contributed by atoms with Crippen molar-refractivity contribution in [3.8, 4) is 11.5 Å².